The molecule has 30 heavy (non-hydrogen) atoms. The van der Waals surface area contributed by atoms with Gasteiger partial charge in [0.15, 0.2) is 0 Å². The normalized spacial score (nSPS) is 23.7. The predicted octanol–water partition coefficient (Wildman–Crippen LogP) is 0.567. The molecule has 2 aliphatic rings. The lowest BCUT2D eigenvalue weighted by molar-refractivity contribution is -0.148. The third-order valence-electron chi connectivity index (χ3n) is 5.93. The van der Waals surface area contributed by atoms with Crippen LogP contribution < -0.4 is 11.1 Å². The minimum Gasteiger partial charge on any atom is -0.480 e. The van der Waals surface area contributed by atoms with Crippen LogP contribution in [0.3, 0.4) is 0 Å². The van der Waals surface area contributed by atoms with Gasteiger partial charge in [-0.15, -0.1) is 0 Å². The number of nitrogens with one attached hydrogen (secondary N) is 1. The third kappa shape index (κ3) is 5.50. The van der Waals surface area contributed by atoms with E-state index < -0.39 is 36.0 Å². The Bertz CT molecular complexity index is 666. The lowest BCUT2D eigenvalue weighted by atomic mass is 10.0. The van der Waals surface area contributed by atoms with E-state index in [1.807, 2.05) is 13.8 Å². The average Bonchev–Trinajstić information content (AvgIpc) is 3.32. The third-order valence-corrected chi connectivity index (χ3v) is 5.93. The van der Waals surface area contributed by atoms with Gasteiger partial charge in [-0.3, -0.25) is 14.4 Å². The van der Waals surface area contributed by atoms with Crippen molar-refractivity contribution in [1.29, 1.82) is 0 Å². The van der Waals surface area contributed by atoms with Crippen molar-refractivity contribution in [2.45, 2.75) is 84.0 Å². The maximum absolute atomic E-state index is 13.3. The van der Waals surface area contributed by atoms with Gasteiger partial charge in [-0.1, -0.05) is 27.7 Å². The Kier molecular flexibility index (Phi) is 8.23. The minimum atomic E-state index is -1.10. The first-order chi connectivity index (χ1) is 14.0. The monoisotopic (exact) mass is 424 g/mol. The van der Waals surface area contributed by atoms with Gasteiger partial charge in [0.25, 0.3) is 0 Å². The molecule has 170 valence electrons. The van der Waals surface area contributed by atoms with Crippen LogP contribution in [-0.4, -0.2) is 75.9 Å². The highest BCUT2D eigenvalue weighted by Crippen LogP contribution is 2.26. The number of carbonyl (C=O) groups excluding carboxylic acids is 3. The first kappa shape index (κ1) is 24.1. The van der Waals surface area contributed by atoms with Crippen molar-refractivity contribution in [3.8, 4) is 0 Å². The highest BCUT2D eigenvalue weighted by molar-refractivity contribution is 5.94. The van der Waals surface area contributed by atoms with Gasteiger partial charge in [0.2, 0.25) is 17.7 Å². The van der Waals surface area contributed by atoms with Crippen LogP contribution in [0.25, 0.3) is 0 Å². The van der Waals surface area contributed by atoms with E-state index in [1.54, 1.807) is 18.7 Å². The Morgan fingerprint density at radius 3 is 2.10 bits per heavy atom. The van der Waals surface area contributed by atoms with Gasteiger partial charge in [-0.2, -0.15) is 0 Å². The highest BCUT2D eigenvalue weighted by atomic mass is 16.4. The number of amides is 3. The van der Waals surface area contributed by atoms with Crippen LogP contribution in [0.4, 0.5) is 0 Å². The standard InChI is InChI=1S/C21H36N4O5/c1-12(2)11-14(22)19(27)25-10-6-8-16(25)20(28)24-9-5-7-15(24)18(26)23-17(13(3)4)21(29)30/h12-17H,5-11,22H2,1-4H3,(H,23,26)(H,29,30). The van der Waals surface area contributed by atoms with Gasteiger partial charge < -0.3 is 26.0 Å². The number of nitrogens with zero attached hydrogens (tertiary/aromatic N) is 2. The lowest BCUT2D eigenvalue weighted by Gasteiger charge is -2.32. The molecule has 0 aromatic heterocycles. The van der Waals surface area contributed by atoms with Gasteiger partial charge in [-0.25, -0.2) is 4.79 Å². The van der Waals surface area contributed by atoms with Gasteiger partial charge in [-0.05, 0) is 43.9 Å². The number of rotatable bonds is 8. The molecule has 0 aromatic carbocycles. The molecule has 0 saturated carbocycles. The molecular weight excluding hydrogens is 388 g/mol. The summed E-state index contributed by atoms with van der Waals surface area (Å²) in [7, 11) is 0. The zero-order chi connectivity index (χ0) is 22.6. The van der Waals surface area contributed by atoms with Gasteiger partial charge >= 0.3 is 5.97 Å². The Morgan fingerprint density at radius 1 is 1.00 bits per heavy atom. The SMILES string of the molecule is CC(C)CC(N)C(=O)N1CCCC1C(=O)N1CCCC1C(=O)NC(C(=O)O)C(C)C. The summed E-state index contributed by atoms with van der Waals surface area (Å²) in [6.07, 6.45) is 2.96. The second-order valence-corrected chi connectivity index (χ2v) is 9.18. The number of aliphatic carboxylic acids is 1. The van der Waals surface area contributed by atoms with E-state index in [1.165, 1.54) is 4.90 Å². The smallest absolute Gasteiger partial charge is 0.326 e. The lowest BCUT2D eigenvalue weighted by Crippen LogP contribution is -2.56. The molecule has 0 radical (unpaired) electrons. The molecule has 2 heterocycles. The van der Waals surface area contributed by atoms with Gasteiger partial charge in [0, 0.05) is 13.1 Å². The Balaban J connectivity index is 2.09. The number of nitrogens with two attached hydrogens (primary N) is 1. The number of carboxylic acid groups (broad SMARTS) is 1. The minimum absolute atomic E-state index is 0.217. The molecule has 2 aliphatic heterocycles. The molecular formula is C21H36N4O5. The summed E-state index contributed by atoms with van der Waals surface area (Å²) in [6, 6.07) is -2.96. The van der Waals surface area contributed by atoms with E-state index >= 15 is 0 Å². The fourth-order valence-corrected chi connectivity index (χ4v) is 4.37. The molecule has 0 aliphatic carbocycles. The van der Waals surface area contributed by atoms with Crippen molar-refractivity contribution in [1.82, 2.24) is 15.1 Å². The van der Waals surface area contributed by atoms with Crippen molar-refractivity contribution in [3.05, 3.63) is 0 Å². The first-order valence-corrected chi connectivity index (χ1v) is 10.9. The van der Waals surface area contributed by atoms with Crippen molar-refractivity contribution in [2.24, 2.45) is 17.6 Å². The number of carbonyl (C=O) groups is 4. The molecule has 9 heteroatoms. The zero-order valence-corrected chi connectivity index (χ0v) is 18.5. The van der Waals surface area contributed by atoms with Crippen LogP contribution in [0.15, 0.2) is 0 Å². The van der Waals surface area contributed by atoms with Gasteiger partial charge in [0.05, 0.1) is 6.04 Å². The van der Waals surface area contributed by atoms with Crippen molar-refractivity contribution in [2.75, 3.05) is 13.1 Å². The second-order valence-electron chi connectivity index (χ2n) is 9.18. The number of likely N-dealkylation sites (tertiary alicyclic amines) is 2. The molecule has 2 fully saturated rings. The number of carboxylic acids is 1. The van der Waals surface area contributed by atoms with Crippen LogP contribution >= 0.6 is 0 Å². The quantitative estimate of drug-likeness (QED) is 0.522. The average molecular weight is 425 g/mol. The number of hydrogen-bond donors (Lipinski definition) is 3. The Labute approximate surface area is 178 Å². The molecule has 4 atom stereocenters. The first-order valence-electron chi connectivity index (χ1n) is 10.9. The molecule has 9 nitrogen and oxygen atoms in total. The van der Waals surface area contributed by atoms with E-state index in [4.69, 9.17) is 5.73 Å². The maximum Gasteiger partial charge on any atom is 0.326 e. The van der Waals surface area contributed by atoms with Crippen molar-refractivity contribution >= 4 is 23.7 Å². The summed E-state index contributed by atoms with van der Waals surface area (Å²) >= 11 is 0. The highest BCUT2D eigenvalue weighted by Gasteiger charge is 2.43. The van der Waals surface area contributed by atoms with Crippen LogP contribution in [0.2, 0.25) is 0 Å². The Morgan fingerprint density at radius 2 is 1.57 bits per heavy atom. The van der Waals surface area contributed by atoms with E-state index in [0.29, 0.717) is 38.8 Å². The fraction of sp³-hybridized carbons (Fsp3) is 0.810. The molecule has 2 saturated heterocycles. The predicted molar refractivity (Wildman–Crippen MR) is 111 cm³/mol. The van der Waals surface area contributed by atoms with Gasteiger partial charge in [0.1, 0.15) is 18.1 Å². The maximum atomic E-state index is 13.3. The largest absolute Gasteiger partial charge is 0.480 e. The van der Waals surface area contributed by atoms with Crippen LogP contribution in [0, 0.1) is 11.8 Å². The van der Waals surface area contributed by atoms with Crippen LogP contribution in [0.1, 0.15) is 59.8 Å². The molecule has 0 spiro atoms. The summed E-state index contributed by atoms with van der Waals surface area (Å²) in [4.78, 5) is 53.3. The summed E-state index contributed by atoms with van der Waals surface area (Å²) in [5.74, 6) is -2.01. The Hall–Kier alpha value is -2.16. The summed E-state index contributed by atoms with van der Waals surface area (Å²) < 4.78 is 0. The van der Waals surface area contributed by atoms with E-state index in [0.717, 1.165) is 6.42 Å². The second kappa shape index (κ2) is 10.2. The molecule has 3 amide bonds. The molecule has 0 aromatic rings. The molecule has 2 rings (SSSR count). The van der Waals surface area contributed by atoms with E-state index in [-0.39, 0.29) is 23.7 Å². The topological polar surface area (TPSA) is 133 Å². The van der Waals surface area contributed by atoms with Crippen LogP contribution in [-0.2, 0) is 19.2 Å². The van der Waals surface area contributed by atoms with E-state index in [9.17, 15) is 24.3 Å². The van der Waals surface area contributed by atoms with Crippen LogP contribution in [0.5, 0.6) is 0 Å². The molecule has 4 N–H and O–H groups in total. The molecule has 0 bridgehead atoms. The fourth-order valence-electron chi connectivity index (χ4n) is 4.37. The summed E-state index contributed by atoms with van der Waals surface area (Å²) in [5, 5.41) is 11.9. The molecule has 4 unspecified atom stereocenters. The summed E-state index contributed by atoms with van der Waals surface area (Å²) in [6.45, 7) is 8.34. The van der Waals surface area contributed by atoms with Crippen molar-refractivity contribution in [3.63, 3.8) is 0 Å². The van der Waals surface area contributed by atoms with E-state index in [2.05, 4.69) is 5.32 Å². The van der Waals surface area contributed by atoms with Crippen molar-refractivity contribution < 1.29 is 24.3 Å². The zero-order valence-electron chi connectivity index (χ0n) is 18.5. The summed E-state index contributed by atoms with van der Waals surface area (Å²) in [5.41, 5.74) is 6.06. The number of hydrogen-bond acceptors (Lipinski definition) is 5.